The standard InChI is InChI=1S/C20H23N5O2S/c1-14(20-23-9-10-28-20)24-18(26)13-27-17-6-5-15(11-16(17)12-25(2)3)19-21-7-4-8-22-19/h4-11,14H,12-13H2,1-3H3,(H,24,26)/t14-/m1/s1. The Kier molecular flexibility index (Phi) is 6.67. The summed E-state index contributed by atoms with van der Waals surface area (Å²) >= 11 is 1.51. The van der Waals surface area contributed by atoms with Gasteiger partial charge in [-0.3, -0.25) is 4.79 Å². The Balaban J connectivity index is 1.69. The van der Waals surface area contributed by atoms with Gasteiger partial charge in [0, 0.05) is 41.6 Å². The van der Waals surface area contributed by atoms with Crippen LogP contribution in [0.5, 0.6) is 5.75 Å². The highest BCUT2D eigenvalue weighted by Crippen LogP contribution is 2.26. The van der Waals surface area contributed by atoms with E-state index in [1.165, 1.54) is 11.3 Å². The molecule has 0 aliphatic carbocycles. The van der Waals surface area contributed by atoms with Crippen LogP contribution in [-0.4, -0.2) is 46.5 Å². The minimum absolute atomic E-state index is 0.0582. The summed E-state index contributed by atoms with van der Waals surface area (Å²) < 4.78 is 5.81. The molecule has 3 aromatic rings. The second-order valence-electron chi connectivity index (χ2n) is 6.58. The molecule has 1 atom stereocenters. The fraction of sp³-hybridized carbons (Fsp3) is 0.300. The van der Waals surface area contributed by atoms with Crippen LogP contribution in [0.3, 0.4) is 0 Å². The normalized spacial score (nSPS) is 12.0. The first-order chi connectivity index (χ1) is 13.5. The van der Waals surface area contributed by atoms with Crippen LogP contribution in [0.2, 0.25) is 0 Å². The molecule has 8 heteroatoms. The van der Waals surface area contributed by atoms with E-state index in [1.54, 1.807) is 24.7 Å². The third-order valence-corrected chi connectivity index (χ3v) is 4.89. The summed E-state index contributed by atoms with van der Waals surface area (Å²) in [6.07, 6.45) is 5.16. The average molecular weight is 398 g/mol. The zero-order chi connectivity index (χ0) is 19.9. The summed E-state index contributed by atoms with van der Waals surface area (Å²) in [5, 5.41) is 5.66. The Labute approximate surface area is 168 Å². The van der Waals surface area contributed by atoms with Gasteiger partial charge >= 0.3 is 0 Å². The average Bonchev–Trinajstić information content (AvgIpc) is 3.22. The van der Waals surface area contributed by atoms with Gasteiger partial charge in [-0.15, -0.1) is 11.3 Å². The molecule has 146 valence electrons. The highest BCUT2D eigenvalue weighted by atomic mass is 32.1. The molecule has 0 fully saturated rings. The molecule has 0 aliphatic rings. The third-order valence-electron chi connectivity index (χ3n) is 3.93. The Morgan fingerprint density at radius 1 is 1.21 bits per heavy atom. The van der Waals surface area contributed by atoms with E-state index in [0.717, 1.165) is 16.1 Å². The quantitative estimate of drug-likeness (QED) is 0.630. The van der Waals surface area contributed by atoms with E-state index in [9.17, 15) is 4.79 Å². The van der Waals surface area contributed by atoms with Gasteiger partial charge in [-0.2, -0.15) is 0 Å². The van der Waals surface area contributed by atoms with Gasteiger partial charge in [0.15, 0.2) is 12.4 Å². The number of nitrogens with one attached hydrogen (secondary N) is 1. The minimum atomic E-state index is -0.186. The second-order valence-corrected chi connectivity index (χ2v) is 7.51. The summed E-state index contributed by atoms with van der Waals surface area (Å²) in [7, 11) is 3.97. The number of rotatable bonds is 8. The van der Waals surface area contributed by atoms with Crippen LogP contribution in [0.15, 0.2) is 48.2 Å². The van der Waals surface area contributed by atoms with Crippen LogP contribution in [0.4, 0.5) is 0 Å². The molecule has 0 spiro atoms. The highest BCUT2D eigenvalue weighted by Gasteiger charge is 2.14. The van der Waals surface area contributed by atoms with Crippen molar-refractivity contribution in [2.45, 2.75) is 19.5 Å². The highest BCUT2D eigenvalue weighted by molar-refractivity contribution is 7.09. The van der Waals surface area contributed by atoms with Gasteiger partial charge in [-0.25, -0.2) is 15.0 Å². The van der Waals surface area contributed by atoms with Crippen molar-refractivity contribution < 1.29 is 9.53 Å². The molecule has 2 aromatic heterocycles. The Morgan fingerprint density at radius 2 is 2.00 bits per heavy atom. The summed E-state index contributed by atoms with van der Waals surface area (Å²) in [5.41, 5.74) is 1.88. The monoisotopic (exact) mass is 397 g/mol. The number of benzene rings is 1. The number of hydrogen-bond donors (Lipinski definition) is 1. The molecule has 1 aromatic carbocycles. The van der Waals surface area contributed by atoms with Gasteiger partial charge in [-0.05, 0) is 45.3 Å². The van der Waals surface area contributed by atoms with E-state index in [1.807, 2.05) is 49.5 Å². The smallest absolute Gasteiger partial charge is 0.258 e. The number of carbonyl (C=O) groups excluding carboxylic acids is 1. The number of aromatic nitrogens is 3. The van der Waals surface area contributed by atoms with Crippen LogP contribution < -0.4 is 10.1 Å². The van der Waals surface area contributed by atoms with Crippen LogP contribution in [-0.2, 0) is 11.3 Å². The minimum Gasteiger partial charge on any atom is -0.483 e. The summed E-state index contributed by atoms with van der Waals surface area (Å²) in [6.45, 7) is 2.52. The number of amides is 1. The molecule has 0 saturated carbocycles. The van der Waals surface area contributed by atoms with Crippen molar-refractivity contribution in [1.29, 1.82) is 0 Å². The molecule has 0 saturated heterocycles. The first kappa shape index (κ1) is 19.9. The lowest BCUT2D eigenvalue weighted by molar-refractivity contribution is -0.123. The van der Waals surface area contributed by atoms with Crippen molar-refractivity contribution in [1.82, 2.24) is 25.2 Å². The van der Waals surface area contributed by atoms with Crippen molar-refractivity contribution >= 4 is 17.2 Å². The van der Waals surface area contributed by atoms with E-state index < -0.39 is 0 Å². The Hall–Kier alpha value is -2.84. The molecule has 2 heterocycles. The van der Waals surface area contributed by atoms with Gasteiger partial charge in [0.1, 0.15) is 10.8 Å². The van der Waals surface area contributed by atoms with E-state index in [0.29, 0.717) is 18.1 Å². The fourth-order valence-corrected chi connectivity index (χ4v) is 3.35. The molecular formula is C20H23N5O2S. The van der Waals surface area contributed by atoms with Gasteiger partial charge in [0.25, 0.3) is 5.91 Å². The maximum atomic E-state index is 12.3. The Bertz CT molecular complexity index is 900. The molecule has 0 unspecified atom stereocenters. The second kappa shape index (κ2) is 9.38. The largest absolute Gasteiger partial charge is 0.483 e. The van der Waals surface area contributed by atoms with E-state index in [2.05, 4.69) is 20.3 Å². The molecular weight excluding hydrogens is 374 g/mol. The number of nitrogens with zero attached hydrogens (tertiary/aromatic N) is 4. The first-order valence-electron chi connectivity index (χ1n) is 8.89. The van der Waals surface area contributed by atoms with Crippen molar-refractivity contribution in [2.24, 2.45) is 0 Å². The zero-order valence-corrected chi connectivity index (χ0v) is 16.9. The predicted molar refractivity (Wildman–Crippen MR) is 109 cm³/mol. The molecule has 1 amide bonds. The van der Waals surface area contributed by atoms with Crippen molar-refractivity contribution in [3.05, 3.63) is 58.8 Å². The maximum absolute atomic E-state index is 12.3. The van der Waals surface area contributed by atoms with Gasteiger partial charge in [0.2, 0.25) is 0 Å². The Morgan fingerprint density at radius 3 is 2.68 bits per heavy atom. The van der Waals surface area contributed by atoms with Gasteiger partial charge < -0.3 is 15.0 Å². The van der Waals surface area contributed by atoms with Crippen LogP contribution in [0, 0.1) is 0 Å². The molecule has 0 aliphatic heterocycles. The predicted octanol–water partition coefficient (Wildman–Crippen LogP) is 2.92. The van der Waals surface area contributed by atoms with Crippen molar-refractivity contribution in [3.8, 4) is 17.1 Å². The van der Waals surface area contributed by atoms with E-state index >= 15 is 0 Å². The molecule has 0 radical (unpaired) electrons. The third kappa shape index (κ3) is 5.34. The number of carbonyl (C=O) groups is 1. The summed E-state index contributed by atoms with van der Waals surface area (Å²) in [6, 6.07) is 7.41. The number of hydrogen-bond acceptors (Lipinski definition) is 7. The number of thiazole rings is 1. The summed E-state index contributed by atoms with van der Waals surface area (Å²) in [4.78, 5) is 27.1. The first-order valence-corrected chi connectivity index (χ1v) is 9.77. The topological polar surface area (TPSA) is 80.2 Å². The molecule has 1 N–H and O–H groups in total. The molecule has 3 rings (SSSR count). The van der Waals surface area contributed by atoms with Crippen LogP contribution in [0.25, 0.3) is 11.4 Å². The van der Waals surface area contributed by atoms with E-state index in [4.69, 9.17) is 4.74 Å². The lowest BCUT2D eigenvalue weighted by atomic mass is 10.1. The van der Waals surface area contributed by atoms with Crippen LogP contribution in [0.1, 0.15) is 23.5 Å². The SMILES string of the molecule is C[C@@H](NC(=O)COc1ccc(-c2ncccn2)cc1CN(C)C)c1nccs1. The molecule has 28 heavy (non-hydrogen) atoms. The summed E-state index contributed by atoms with van der Waals surface area (Å²) in [5.74, 6) is 1.14. The number of ether oxygens (including phenoxy) is 1. The van der Waals surface area contributed by atoms with Crippen LogP contribution >= 0.6 is 11.3 Å². The van der Waals surface area contributed by atoms with E-state index in [-0.39, 0.29) is 18.6 Å². The zero-order valence-electron chi connectivity index (χ0n) is 16.1. The van der Waals surface area contributed by atoms with Gasteiger partial charge in [0.05, 0.1) is 6.04 Å². The maximum Gasteiger partial charge on any atom is 0.258 e. The van der Waals surface area contributed by atoms with Crippen molar-refractivity contribution in [3.63, 3.8) is 0 Å². The molecule has 7 nitrogen and oxygen atoms in total. The van der Waals surface area contributed by atoms with Crippen molar-refractivity contribution in [2.75, 3.05) is 20.7 Å². The lowest BCUT2D eigenvalue weighted by Crippen LogP contribution is -2.31. The van der Waals surface area contributed by atoms with Gasteiger partial charge in [-0.1, -0.05) is 0 Å². The lowest BCUT2D eigenvalue weighted by Gasteiger charge is -2.17. The fourth-order valence-electron chi connectivity index (χ4n) is 2.71. The molecule has 0 bridgehead atoms.